The second kappa shape index (κ2) is 4.83. The number of halogens is 1. The van der Waals surface area contributed by atoms with Crippen LogP contribution in [0.15, 0.2) is 34.9 Å². The number of aromatic amines is 1. The first-order valence-electron chi connectivity index (χ1n) is 6.15. The zero-order valence-corrected chi connectivity index (χ0v) is 12.5. The van der Waals surface area contributed by atoms with Crippen molar-refractivity contribution in [1.29, 1.82) is 0 Å². The molecule has 98 valence electrons. The molecule has 0 saturated heterocycles. The van der Waals surface area contributed by atoms with Crippen LogP contribution in [0.2, 0.25) is 0 Å². The van der Waals surface area contributed by atoms with Gasteiger partial charge in [-0.1, -0.05) is 18.2 Å². The Labute approximate surface area is 119 Å². The van der Waals surface area contributed by atoms with Crippen LogP contribution in [-0.2, 0) is 13.6 Å². The van der Waals surface area contributed by atoms with Crippen molar-refractivity contribution in [3.8, 4) is 11.3 Å². The van der Waals surface area contributed by atoms with E-state index in [0.717, 1.165) is 27.9 Å². The van der Waals surface area contributed by atoms with Crippen molar-refractivity contribution in [2.24, 2.45) is 7.05 Å². The Kier molecular flexibility index (Phi) is 3.16. The zero-order valence-electron chi connectivity index (χ0n) is 10.9. The van der Waals surface area contributed by atoms with Gasteiger partial charge in [0.15, 0.2) is 0 Å². The Morgan fingerprint density at radius 1 is 1.37 bits per heavy atom. The van der Waals surface area contributed by atoms with Gasteiger partial charge in [-0.15, -0.1) is 0 Å². The van der Waals surface area contributed by atoms with Crippen molar-refractivity contribution in [2.45, 2.75) is 6.54 Å². The van der Waals surface area contributed by atoms with Gasteiger partial charge in [0.2, 0.25) is 0 Å². The molecule has 5 heteroatoms. The molecule has 19 heavy (non-hydrogen) atoms. The van der Waals surface area contributed by atoms with Gasteiger partial charge in [0.05, 0.1) is 15.9 Å². The van der Waals surface area contributed by atoms with Crippen molar-refractivity contribution in [3.05, 3.63) is 40.6 Å². The lowest BCUT2D eigenvalue weighted by atomic mass is 10.1. The summed E-state index contributed by atoms with van der Waals surface area (Å²) in [6.45, 7) is 0.747. The van der Waals surface area contributed by atoms with Crippen LogP contribution >= 0.6 is 15.9 Å². The number of aromatic nitrogens is 3. The van der Waals surface area contributed by atoms with E-state index in [1.165, 1.54) is 10.9 Å². The summed E-state index contributed by atoms with van der Waals surface area (Å²) < 4.78 is 2.97. The predicted molar refractivity (Wildman–Crippen MR) is 81.0 cm³/mol. The number of hydrogen-bond donors (Lipinski definition) is 2. The molecule has 0 radical (unpaired) electrons. The van der Waals surface area contributed by atoms with Gasteiger partial charge in [-0.05, 0) is 29.0 Å². The van der Waals surface area contributed by atoms with E-state index in [4.69, 9.17) is 0 Å². The molecule has 4 nitrogen and oxygen atoms in total. The van der Waals surface area contributed by atoms with Crippen LogP contribution in [0, 0.1) is 0 Å². The number of nitrogens with one attached hydrogen (secondary N) is 2. The summed E-state index contributed by atoms with van der Waals surface area (Å²) >= 11 is 3.67. The maximum Gasteiger partial charge on any atom is 0.0910 e. The Bertz CT molecular complexity index is 726. The highest BCUT2D eigenvalue weighted by Gasteiger charge is 2.17. The third-order valence-corrected chi connectivity index (χ3v) is 4.08. The average molecular weight is 319 g/mol. The molecule has 0 aliphatic heterocycles. The summed E-state index contributed by atoms with van der Waals surface area (Å²) in [5.41, 5.74) is 4.42. The summed E-state index contributed by atoms with van der Waals surface area (Å²) in [5, 5.41) is 8.90. The van der Waals surface area contributed by atoms with Crippen LogP contribution in [-0.4, -0.2) is 21.8 Å². The summed E-state index contributed by atoms with van der Waals surface area (Å²) in [6.07, 6.45) is 2.04. The van der Waals surface area contributed by atoms with E-state index in [9.17, 15) is 0 Å². The molecule has 2 heterocycles. The Hall–Kier alpha value is -1.59. The molecule has 3 aromatic rings. The molecule has 1 aromatic carbocycles. The Balaban J connectivity index is 2.21. The predicted octanol–water partition coefficient (Wildman–Crippen LogP) is 3.05. The molecule has 0 spiro atoms. The normalized spacial score (nSPS) is 11.3. The van der Waals surface area contributed by atoms with Crippen LogP contribution in [0.1, 0.15) is 5.69 Å². The van der Waals surface area contributed by atoms with Crippen LogP contribution in [0.4, 0.5) is 0 Å². The molecule has 0 aliphatic carbocycles. The van der Waals surface area contributed by atoms with E-state index >= 15 is 0 Å². The van der Waals surface area contributed by atoms with Gasteiger partial charge in [-0.2, -0.15) is 5.10 Å². The van der Waals surface area contributed by atoms with Crippen molar-refractivity contribution < 1.29 is 0 Å². The largest absolute Gasteiger partial charge is 0.360 e. The molecular weight excluding hydrogens is 304 g/mol. The number of H-pyrrole nitrogens is 1. The molecule has 0 bridgehead atoms. The van der Waals surface area contributed by atoms with Gasteiger partial charge in [0.25, 0.3) is 0 Å². The lowest BCUT2D eigenvalue weighted by Crippen LogP contribution is -2.06. The lowest BCUT2D eigenvalue weighted by molar-refractivity contribution is 0.715. The van der Waals surface area contributed by atoms with Crippen LogP contribution in [0.3, 0.4) is 0 Å². The minimum absolute atomic E-state index is 0.747. The van der Waals surface area contributed by atoms with Gasteiger partial charge in [-0.25, -0.2) is 0 Å². The summed E-state index contributed by atoms with van der Waals surface area (Å²) in [4.78, 5) is 3.30. The first-order chi connectivity index (χ1) is 9.22. The fourth-order valence-corrected chi connectivity index (χ4v) is 3.08. The number of rotatable bonds is 3. The zero-order chi connectivity index (χ0) is 13.4. The van der Waals surface area contributed by atoms with E-state index in [0.29, 0.717) is 0 Å². The van der Waals surface area contributed by atoms with Gasteiger partial charge >= 0.3 is 0 Å². The minimum atomic E-state index is 0.747. The van der Waals surface area contributed by atoms with E-state index < -0.39 is 0 Å². The highest BCUT2D eigenvalue weighted by atomic mass is 79.9. The van der Waals surface area contributed by atoms with Gasteiger partial charge in [0.1, 0.15) is 0 Å². The minimum Gasteiger partial charge on any atom is -0.360 e. The van der Waals surface area contributed by atoms with Crippen LogP contribution in [0.5, 0.6) is 0 Å². The molecule has 0 fully saturated rings. The molecule has 0 amide bonds. The average Bonchev–Trinajstić information content (AvgIpc) is 2.93. The van der Waals surface area contributed by atoms with Crippen molar-refractivity contribution in [2.75, 3.05) is 7.05 Å². The van der Waals surface area contributed by atoms with Gasteiger partial charge in [-0.3, -0.25) is 4.68 Å². The number of fused-ring (bicyclic) bond motifs is 1. The molecule has 0 atom stereocenters. The third-order valence-electron chi connectivity index (χ3n) is 3.24. The maximum atomic E-state index is 4.56. The van der Waals surface area contributed by atoms with Gasteiger partial charge < -0.3 is 10.3 Å². The quantitative estimate of drug-likeness (QED) is 0.779. The number of nitrogens with zero attached hydrogens (tertiary/aromatic N) is 2. The number of benzene rings is 1. The van der Waals surface area contributed by atoms with E-state index in [-0.39, 0.29) is 0 Å². The summed E-state index contributed by atoms with van der Waals surface area (Å²) in [7, 11) is 3.90. The second-order valence-corrected chi connectivity index (χ2v) is 5.30. The highest BCUT2D eigenvalue weighted by Crippen LogP contribution is 2.35. The topological polar surface area (TPSA) is 45.6 Å². The molecule has 3 rings (SSSR count). The summed E-state index contributed by atoms with van der Waals surface area (Å²) in [5.74, 6) is 0. The molecule has 0 saturated carbocycles. The highest BCUT2D eigenvalue weighted by molar-refractivity contribution is 9.10. The first-order valence-corrected chi connectivity index (χ1v) is 6.94. The van der Waals surface area contributed by atoms with E-state index in [2.05, 4.69) is 49.5 Å². The smallest absolute Gasteiger partial charge is 0.0910 e. The van der Waals surface area contributed by atoms with Crippen LogP contribution < -0.4 is 5.32 Å². The number of hydrogen-bond acceptors (Lipinski definition) is 2. The van der Waals surface area contributed by atoms with Crippen molar-refractivity contribution in [1.82, 2.24) is 20.1 Å². The Morgan fingerprint density at radius 2 is 2.16 bits per heavy atom. The number of para-hydroxylation sites is 1. The Morgan fingerprint density at radius 3 is 2.95 bits per heavy atom. The molecular formula is C14H15BrN4. The maximum absolute atomic E-state index is 4.56. The third kappa shape index (κ3) is 1.99. The van der Waals surface area contributed by atoms with Crippen LogP contribution in [0.25, 0.3) is 22.2 Å². The fourth-order valence-electron chi connectivity index (χ4n) is 2.39. The SMILES string of the molecule is CNCc1nn(C)c(-c2c[nH]c3ccccc23)c1Br. The standard InChI is InChI=1S/C14H15BrN4/c1-16-8-12-13(15)14(19(2)18-12)10-7-17-11-6-4-3-5-9(10)11/h3-7,16-17H,8H2,1-2H3. The fraction of sp³-hybridized carbons (Fsp3) is 0.214. The van der Waals surface area contributed by atoms with Crippen molar-refractivity contribution in [3.63, 3.8) is 0 Å². The van der Waals surface area contributed by atoms with Gasteiger partial charge in [0, 0.05) is 36.3 Å². The second-order valence-electron chi connectivity index (χ2n) is 4.51. The van der Waals surface area contributed by atoms with E-state index in [1.54, 1.807) is 0 Å². The molecule has 2 N–H and O–H groups in total. The molecule has 2 aromatic heterocycles. The monoisotopic (exact) mass is 318 g/mol. The summed E-state index contributed by atoms with van der Waals surface area (Å²) in [6, 6.07) is 8.29. The van der Waals surface area contributed by atoms with Crippen molar-refractivity contribution >= 4 is 26.8 Å². The number of aryl methyl sites for hydroxylation is 1. The van der Waals surface area contributed by atoms with E-state index in [1.807, 2.05) is 31.0 Å². The molecule has 0 unspecified atom stereocenters. The first kappa shape index (κ1) is 12.4. The molecule has 0 aliphatic rings. The lowest BCUT2D eigenvalue weighted by Gasteiger charge is -2.01.